The Morgan fingerprint density at radius 1 is 1.57 bits per heavy atom. The van der Waals surface area contributed by atoms with Gasteiger partial charge in [-0.1, -0.05) is 0 Å². The zero-order valence-electron chi connectivity index (χ0n) is 7.97. The van der Waals surface area contributed by atoms with E-state index >= 15 is 0 Å². The second kappa shape index (κ2) is 3.94. The molecular weight excluding hydrogens is 196 g/mol. The lowest BCUT2D eigenvalue weighted by molar-refractivity contribution is 0.271. The lowest BCUT2D eigenvalue weighted by Gasteiger charge is -2.04. The largest absolute Gasteiger partial charge is 0.390 e. The Bertz CT molecular complexity index is 419. The van der Waals surface area contributed by atoms with Crippen LogP contribution in [-0.4, -0.2) is 14.7 Å². The Labute approximate surface area is 86.7 Å². The van der Waals surface area contributed by atoms with Gasteiger partial charge in [-0.05, 0) is 19.1 Å². The fraction of sp³-hybridized carbons (Fsp3) is 0.300. The van der Waals surface area contributed by atoms with Gasteiger partial charge >= 0.3 is 0 Å². The van der Waals surface area contributed by atoms with Crippen molar-refractivity contribution in [3.8, 4) is 0 Å². The molecule has 0 saturated carbocycles. The summed E-state index contributed by atoms with van der Waals surface area (Å²) in [7, 11) is 0. The Morgan fingerprint density at radius 2 is 2.43 bits per heavy atom. The van der Waals surface area contributed by atoms with Gasteiger partial charge in [0.2, 0.25) is 0 Å². The van der Waals surface area contributed by atoms with Crippen molar-refractivity contribution in [2.24, 2.45) is 0 Å². The van der Waals surface area contributed by atoms with Gasteiger partial charge < -0.3 is 9.67 Å². The maximum absolute atomic E-state index is 9.06. The quantitative estimate of drug-likeness (QED) is 0.835. The number of aryl methyl sites for hydroxylation is 1. The number of aromatic nitrogens is 2. The second-order valence-corrected chi connectivity index (χ2v) is 4.45. The Kier molecular flexibility index (Phi) is 2.65. The molecule has 0 atom stereocenters. The van der Waals surface area contributed by atoms with Crippen LogP contribution in [-0.2, 0) is 13.2 Å². The minimum Gasteiger partial charge on any atom is -0.390 e. The molecule has 0 aliphatic rings. The maximum Gasteiger partial charge on any atom is 0.0897 e. The van der Waals surface area contributed by atoms with E-state index in [-0.39, 0.29) is 6.61 Å². The SMILES string of the molecule is Cc1ncc(Cn2cccc2CO)s1. The molecule has 74 valence electrons. The molecule has 3 nitrogen and oxygen atoms in total. The fourth-order valence-electron chi connectivity index (χ4n) is 1.39. The van der Waals surface area contributed by atoms with E-state index in [1.165, 1.54) is 4.88 Å². The van der Waals surface area contributed by atoms with Crippen molar-refractivity contribution >= 4 is 11.3 Å². The van der Waals surface area contributed by atoms with Gasteiger partial charge in [-0.3, -0.25) is 0 Å². The lowest BCUT2D eigenvalue weighted by Crippen LogP contribution is -2.01. The summed E-state index contributed by atoms with van der Waals surface area (Å²) < 4.78 is 2.03. The third-order valence-corrected chi connectivity index (χ3v) is 2.98. The van der Waals surface area contributed by atoms with E-state index in [0.717, 1.165) is 17.2 Å². The van der Waals surface area contributed by atoms with Crippen molar-refractivity contribution in [1.82, 2.24) is 9.55 Å². The summed E-state index contributed by atoms with van der Waals surface area (Å²) in [6, 6.07) is 3.87. The summed E-state index contributed by atoms with van der Waals surface area (Å²) in [4.78, 5) is 5.41. The fourth-order valence-corrected chi connectivity index (χ4v) is 2.19. The Morgan fingerprint density at radius 3 is 3.07 bits per heavy atom. The van der Waals surface area contributed by atoms with E-state index in [0.29, 0.717) is 0 Å². The maximum atomic E-state index is 9.06. The minimum absolute atomic E-state index is 0.0881. The molecule has 2 aromatic heterocycles. The van der Waals surface area contributed by atoms with Crippen molar-refractivity contribution < 1.29 is 5.11 Å². The van der Waals surface area contributed by atoms with Crippen molar-refractivity contribution in [3.63, 3.8) is 0 Å². The van der Waals surface area contributed by atoms with Gasteiger partial charge in [-0.2, -0.15) is 0 Å². The van der Waals surface area contributed by atoms with Crippen molar-refractivity contribution in [2.45, 2.75) is 20.1 Å². The molecule has 0 saturated heterocycles. The molecule has 0 aromatic carbocycles. The van der Waals surface area contributed by atoms with Crippen LogP contribution < -0.4 is 0 Å². The van der Waals surface area contributed by atoms with Crippen LogP contribution in [0, 0.1) is 6.92 Å². The van der Waals surface area contributed by atoms with Crippen molar-refractivity contribution in [3.05, 3.63) is 40.1 Å². The highest BCUT2D eigenvalue weighted by atomic mass is 32.1. The lowest BCUT2D eigenvalue weighted by atomic mass is 10.4. The first-order chi connectivity index (χ1) is 6.79. The second-order valence-electron chi connectivity index (χ2n) is 3.13. The minimum atomic E-state index is 0.0881. The molecule has 1 N–H and O–H groups in total. The average Bonchev–Trinajstić information content (AvgIpc) is 2.76. The number of hydrogen-bond donors (Lipinski definition) is 1. The van der Waals surface area contributed by atoms with Crippen LogP contribution in [0.3, 0.4) is 0 Å². The van der Waals surface area contributed by atoms with Crippen LogP contribution in [0.25, 0.3) is 0 Å². The van der Waals surface area contributed by atoms with Crippen LogP contribution in [0.5, 0.6) is 0 Å². The topological polar surface area (TPSA) is 38.0 Å². The van der Waals surface area contributed by atoms with Gasteiger partial charge in [0.15, 0.2) is 0 Å². The van der Waals surface area contributed by atoms with E-state index < -0.39 is 0 Å². The zero-order valence-corrected chi connectivity index (χ0v) is 8.79. The predicted molar refractivity (Wildman–Crippen MR) is 56.3 cm³/mol. The van der Waals surface area contributed by atoms with Crippen LogP contribution in [0.1, 0.15) is 15.6 Å². The first-order valence-electron chi connectivity index (χ1n) is 4.46. The summed E-state index contributed by atoms with van der Waals surface area (Å²) in [5.74, 6) is 0. The molecule has 4 heteroatoms. The van der Waals surface area contributed by atoms with Crippen LogP contribution in [0.2, 0.25) is 0 Å². The first kappa shape index (κ1) is 9.43. The summed E-state index contributed by atoms with van der Waals surface area (Å²) in [6.45, 7) is 2.88. The molecule has 2 aromatic rings. The first-order valence-corrected chi connectivity index (χ1v) is 5.27. The average molecular weight is 208 g/mol. The summed E-state index contributed by atoms with van der Waals surface area (Å²) >= 11 is 1.69. The van der Waals surface area contributed by atoms with Crippen molar-refractivity contribution in [2.75, 3.05) is 0 Å². The third kappa shape index (κ3) is 1.86. The van der Waals surface area contributed by atoms with E-state index in [4.69, 9.17) is 5.11 Å². The third-order valence-electron chi connectivity index (χ3n) is 2.08. The highest BCUT2D eigenvalue weighted by molar-refractivity contribution is 7.11. The van der Waals surface area contributed by atoms with E-state index in [9.17, 15) is 0 Å². The molecular formula is C10H12N2OS. The molecule has 2 heterocycles. The Hall–Kier alpha value is -1.13. The summed E-state index contributed by atoms with van der Waals surface area (Å²) in [5, 5.41) is 10.1. The molecule has 0 aliphatic carbocycles. The number of aliphatic hydroxyl groups is 1. The normalized spacial score (nSPS) is 10.7. The standard InChI is InChI=1S/C10H12N2OS/c1-8-11-5-10(14-8)6-12-4-2-3-9(12)7-13/h2-5,13H,6-7H2,1H3. The van der Waals surface area contributed by atoms with Gasteiger partial charge in [-0.25, -0.2) is 4.98 Å². The van der Waals surface area contributed by atoms with Crippen LogP contribution >= 0.6 is 11.3 Å². The van der Waals surface area contributed by atoms with Gasteiger partial charge in [-0.15, -0.1) is 11.3 Å². The van der Waals surface area contributed by atoms with Gasteiger partial charge in [0, 0.05) is 23.0 Å². The highest BCUT2D eigenvalue weighted by Crippen LogP contribution is 2.14. The molecule has 14 heavy (non-hydrogen) atoms. The molecule has 0 unspecified atom stereocenters. The number of nitrogens with zero attached hydrogens (tertiary/aromatic N) is 2. The molecule has 0 fully saturated rings. The van der Waals surface area contributed by atoms with E-state index in [1.54, 1.807) is 11.3 Å². The molecule has 0 radical (unpaired) electrons. The Balaban J connectivity index is 2.18. The molecule has 0 bridgehead atoms. The smallest absolute Gasteiger partial charge is 0.0897 e. The number of rotatable bonds is 3. The van der Waals surface area contributed by atoms with Crippen molar-refractivity contribution in [1.29, 1.82) is 0 Å². The monoisotopic (exact) mass is 208 g/mol. The molecule has 2 rings (SSSR count). The number of hydrogen-bond acceptors (Lipinski definition) is 3. The van der Waals surface area contributed by atoms with Gasteiger partial charge in [0.1, 0.15) is 0 Å². The van der Waals surface area contributed by atoms with Crippen LogP contribution in [0.15, 0.2) is 24.5 Å². The zero-order chi connectivity index (χ0) is 9.97. The molecule has 0 spiro atoms. The van der Waals surface area contributed by atoms with E-state index in [1.807, 2.05) is 36.0 Å². The summed E-state index contributed by atoms with van der Waals surface area (Å²) in [5.41, 5.74) is 0.941. The molecule has 0 amide bonds. The predicted octanol–water partition coefficient (Wildman–Crippen LogP) is 1.79. The van der Waals surface area contributed by atoms with E-state index in [2.05, 4.69) is 4.98 Å². The number of thiazole rings is 1. The number of aliphatic hydroxyl groups excluding tert-OH is 1. The van der Waals surface area contributed by atoms with Crippen LogP contribution in [0.4, 0.5) is 0 Å². The van der Waals surface area contributed by atoms with Gasteiger partial charge in [0.25, 0.3) is 0 Å². The highest BCUT2D eigenvalue weighted by Gasteiger charge is 2.02. The van der Waals surface area contributed by atoms with Gasteiger partial charge in [0.05, 0.1) is 18.2 Å². The summed E-state index contributed by atoms with van der Waals surface area (Å²) in [6.07, 6.45) is 3.86. The molecule has 0 aliphatic heterocycles.